The van der Waals surface area contributed by atoms with E-state index in [-0.39, 0.29) is 6.04 Å². The quantitative estimate of drug-likeness (QED) is 0.173. The molecule has 1 nitrogen and oxygen atoms in total. The second-order valence-electron chi connectivity index (χ2n) is 8.79. The molecule has 0 saturated carbocycles. The third-order valence-electron chi connectivity index (χ3n) is 6.35. The van der Waals surface area contributed by atoms with E-state index >= 15 is 0 Å². The molecule has 1 unspecified atom stereocenters. The van der Waals surface area contributed by atoms with Crippen molar-refractivity contribution >= 4 is 43.3 Å². The number of rotatable bonds is 9. The lowest BCUT2D eigenvalue weighted by Gasteiger charge is -2.19. The monoisotopic (exact) mass is 515 g/mol. The molecule has 0 saturated heterocycles. The molecule has 4 aromatic rings. The van der Waals surface area contributed by atoms with Gasteiger partial charge in [-0.2, -0.15) is 0 Å². The van der Waals surface area contributed by atoms with Gasteiger partial charge in [-0.25, -0.2) is 0 Å². The molecule has 5 rings (SSSR count). The van der Waals surface area contributed by atoms with E-state index in [1.54, 1.807) is 0 Å². The lowest BCUT2D eigenvalue weighted by molar-refractivity contribution is 0.973. The van der Waals surface area contributed by atoms with E-state index < -0.39 is 15.8 Å². The predicted molar refractivity (Wildman–Crippen MR) is 167 cm³/mol. The summed E-state index contributed by atoms with van der Waals surface area (Å²) in [6, 6.07) is 43.6. The average molecular weight is 516 g/mol. The van der Waals surface area contributed by atoms with Crippen LogP contribution in [0.5, 0.6) is 0 Å². The maximum absolute atomic E-state index is 5.07. The zero-order chi connectivity index (χ0) is 25.1. The molecule has 0 amide bonds. The summed E-state index contributed by atoms with van der Waals surface area (Å²) in [6.45, 7) is 0. The van der Waals surface area contributed by atoms with E-state index in [9.17, 15) is 0 Å². The smallest absolute Gasteiger partial charge is 0.0926 e. The van der Waals surface area contributed by atoms with Crippen LogP contribution in [0, 0.1) is 0 Å². The molecule has 0 N–H and O–H groups in total. The minimum absolute atomic E-state index is 0.0665. The van der Waals surface area contributed by atoms with Gasteiger partial charge in [0.15, 0.2) is 0 Å². The van der Waals surface area contributed by atoms with Crippen LogP contribution in [-0.2, 0) is 0 Å². The highest BCUT2D eigenvalue weighted by atomic mass is 31.1. The summed E-state index contributed by atoms with van der Waals surface area (Å²) < 4.78 is 0. The molecule has 0 bridgehead atoms. The van der Waals surface area contributed by atoms with E-state index in [1.165, 1.54) is 26.8 Å². The lowest BCUT2D eigenvalue weighted by atomic mass is 10.0. The molecule has 0 spiro atoms. The van der Waals surface area contributed by atoms with E-state index in [4.69, 9.17) is 4.99 Å². The summed E-state index contributed by atoms with van der Waals surface area (Å²) in [5.74, 6) is 0. The zero-order valence-electron chi connectivity index (χ0n) is 20.8. The van der Waals surface area contributed by atoms with Crippen LogP contribution in [0.1, 0.15) is 0 Å². The number of hydrogen-bond acceptors (Lipinski definition) is 1. The minimum atomic E-state index is -0.479. The van der Waals surface area contributed by atoms with Crippen molar-refractivity contribution in [1.29, 1.82) is 0 Å². The van der Waals surface area contributed by atoms with Crippen molar-refractivity contribution in [2.45, 2.75) is 6.04 Å². The van der Waals surface area contributed by atoms with Gasteiger partial charge in [-0.3, -0.25) is 4.99 Å². The molecule has 1 atom stereocenters. The number of hydrogen-bond donors (Lipinski definition) is 0. The number of aliphatic imine (C=N–C) groups is 1. The van der Waals surface area contributed by atoms with E-state index in [0.717, 1.165) is 12.3 Å². The van der Waals surface area contributed by atoms with Crippen LogP contribution in [0.15, 0.2) is 162 Å². The topological polar surface area (TPSA) is 12.4 Å². The van der Waals surface area contributed by atoms with Crippen molar-refractivity contribution in [3.8, 4) is 0 Å². The molecule has 0 heterocycles. The van der Waals surface area contributed by atoms with Gasteiger partial charge in [-0.1, -0.05) is 152 Å². The van der Waals surface area contributed by atoms with Crippen molar-refractivity contribution in [2.24, 2.45) is 4.99 Å². The summed E-state index contributed by atoms with van der Waals surface area (Å²) in [5, 5.41) is 5.60. The van der Waals surface area contributed by atoms with Crippen LogP contribution in [-0.4, -0.2) is 24.6 Å². The third-order valence-corrected chi connectivity index (χ3v) is 11.1. The first-order valence-corrected chi connectivity index (χ1v) is 15.8. The van der Waals surface area contributed by atoms with E-state index in [1.807, 2.05) is 0 Å². The van der Waals surface area contributed by atoms with Gasteiger partial charge in [0.2, 0.25) is 0 Å². The molecular formula is C34H31NP2. The highest BCUT2D eigenvalue weighted by Gasteiger charge is 2.16. The van der Waals surface area contributed by atoms with Gasteiger partial charge >= 0.3 is 0 Å². The number of benzene rings is 4. The summed E-state index contributed by atoms with van der Waals surface area (Å²) in [6.07, 6.45) is 15.2. The minimum Gasteiger partial charge on any atom is -0.285 e. The van der Waals surface area contributed by atoms with E-state index in [2.05, 4.69) is 158 Å². The molecule has 4 aromatic carbocycles. The highest BCUT2D eigenvalue weighted by Crippen LogP contribution is 2.35. The molecular weight excluding hydrogens is 484 g/mol. The van der Waals surface area contributed by atoms with Crippen LogP contribution in [0.3, 0.4) is 0 Å². The van der Waals surface area contributed by atoms with Gasteiger partial charge in [0, 0.05) is 12.4 Å². The van der Waals surface area contributed by atoms with E-state index in [0.29, 0.717) is 0 Å². The Morgan fingerprint density at radius 1 is 0.541 bits per heavy atom. The molecule has 0 aliphatic heterocycles. The largest absolute Gasteiger partial charge is 0.285 e. The summed E-state index contributed by atoms with van der Waals surface area (Å²) in [4.78, 5) is 5.07. The lowest BCUT2D eigenvalue weighted by Crippen LogP contribution is -2.16. The van der Waals surface area contributed by atoms with Crippen molar-refractivity contribution in [2.75, 3.05) is 12.3 Å². The van der Waals surface area contributed by atoms with Crippen molar-refractivity contribution in [1.82, 2.24) is 0 Å². The molecule has 0 fully saturated rings. The van der Waals surface area contributed by atoms with Gasteiger partial charge in [-0.15, -0.1) is 0 Å². The Morgan fingerprint density at radius 3 is 1.43 bits per heavy atom. The first-order chi connectivity index (χ1) is 18.4. The second-order valence-corrected chi connectivity index (χ2v) is 13.3. The van der Waals surface area contributed by atoms with Crippen molar-refractivity contribution in [3.05, 3.63) is 157 Å². The van der Waals surface area contributed by atoms with Crippen LogP contribution >= 0.6 is 15.8 Å². The fourth-order valence-electron chi connectivity index (χ4n) is 4.46. The Kier molecular flexibility index (Phi) is 9.06. The Balaban J connectivity index is 1.35. The molecule has 182 valence electrons. The molecule has 0 radical (unpaired) electrons. The first-order valence-electron chi connectivity index (χ1n) is 12.7. The van der Waals surface area contributed by atoms with Gasteiger partial charge in [0.1, 0.15) is 0 Å². The standard InChI is InChI=1S/C34H31NP2/c1-5-16-30(17-6-1)36(31-18-7-2-8-19-31)27-25-29-15-13-14-24-34(29)35-26-28-37(32-20-9-3-10-21-32)33-22-11-4-12-23-33/h1-26,34H,27-28H2. The summed E-state index contributed by atoms with van der Waals surface area (Å²) >= 11 is 0. The van der Waals surface area contributed by atoms with Gasteiger partial charge in [-0.05, 0) is 48.8 Å². The van der Waals surface area contributed by atoms with Crippen molar-refractivity contribution < 1.29 is 0 Å². The summed E-state index contributed by atoms with van der Waals surface area (Å²) in [7, 11) is -0.940. The molecule has 3 heteroatoms. The first kappa shape index (κ1) is 25.3. The van der Waals surface area contributed by atoms with Crippen LogP contribution < -0.4 is 21.2 Å². The Labute approximate surface area is 223 Å². The Morgan fingerprint density at radius 2 is 0.973 bits per heavy atom. The average Bonchev–Trinajstić information content (AvgIpc) is 2.98. The Bertz CT molecular complexity index is 1280. The Hall–Kier alpha value is -3.37. The molecule has 0 aromatic heterocycles. The highest BCUT2D eigenvalue weighted by molar-refractivity contribution is 7.73. The van der Waals surface area contributed by atoms with Crippen LogP contribution in [0.4, 0.5) is 0 Å². The molecule has 37 heavy (non-hydrogen) atoms. The van der Waals surface area contributed by atoms with Gasteiger partial charge in [0.05, 0.1) is 6.04 Å². The fourth-order valence-corrected chi connectivity index (χ4v) is 8.68. The second kappa shape index (κ2) is 13.3. The van der Waals surface area contributed by atoms with Crippen LogP contribution in [0.25, 0.3) is 0 Å². The van der Waals surface area contributed by atoms with Crippen LogP contribution in [0.2, 0.25) is 0 Å². The predicted octanol–water partition coefficient (Wildman–Crippen LogP) is 6.74. The number of allylic oxidation sites excluding steroid dienone is 3. The maximum Gasteiger partial charge on any atom is 0.0926 e. The molecule has 1 aliphatic carbocycles. The molecule has 1 aliphatic rings. The summed E-state index contributed by atoms with van der Waals surface area (Å²) in [5.41, 5.74) is 1.28. The van der Waals surface area contributed by atoms with Crippen molar-refractivity contribution in [3.63, 3.8) is 0 Å². The SMILES string of the molecule is C1=CC(=CCP(c2ccccc2)c2ccccc2)C(N=CCP(c2ccccc2)c2ccccc2)C=C1. The normalized spacial score (nSPS) is 16.3. The third kappa shape index (κ3) is 6.90. The maximum atomic E-state index is 5.07. The zero-order valence-corrected chi connectivity index (χ0v) is 22.6. The van der Waals surface area contributed by atoms with Gasteiger partial charge < -0.3 is 0 Å². The fraction of sp³-hybridized carbons (Fsp3) is 0.0882. The number of nitrogens with zero attached hydrogens (tertiary/aromatic N) is 1. The van der Waals surface area contributed by atoms with Gasteiger partial charge in [0.25, 0.3) is 0 Å².